The zero-order valence-electron chi connectivity index (χ0n) is 15.9. The van der Waals surface area contributed by atoms with Crippen LogP contribution in [-0.4, -0.2) is 52.4 Å². The lowest BCUT2D eigenvalue weighted by atomic mass is 9.79. The van der Waals surface area contributed by atoms with Crippen LogP contribution in [0.3, 0.4) is 0 Å². The zero-order valence-corrected chi connectivity index (χ0v) is 15.9. The molecule has 1 aliphatic heterocycles. The highest BCUT2D eigenvalue weighted by Crippen LogP contribution is 2.43. The van der Waals surface area contributed by atoms with Crippen LogP contribution in [-0.2, 0) is 0 Å². The third-order valence-electron chi connectivity index (χ3n) is 6.60. The van der Waals surface area contributed by atoms with Crippen LogP contribution in [0.5, 0.6) is 0 Å². The van der Waals surface area contributed by atoms with Crippen molar-refractivity contribution in [2.24, 2.45) is 0 Å². The maximum atomic E-state index is 13.7. The van der Waals surface area contributed by atoms with Crippen LogP contribution in [0, 0.1) is 0 Å². The summed E-state index contributed by atoms with van der Waals surface area (Å²) < 4.78 is 0. The van der Waals surface area contributed by atoms with E-state index >= 15 is 0 Å². The van der Waals surface area contributed by atoms with Gasteiger partial charge in [0.1, 0.15) is 0 Å². The predicted octanol–water partition coefficient (Wildman–Crippen LogP) is 4.10. The zero-order chi connectivity index (χ0) is 18.1. The van der Waals surface area contributed by atoms with Crippen molar-refractivity contribution in [2.75, 3.05) is 20.1 Å². The molecule has 0 bridgehead atoms. The molecule has 4 rings (SSSR count). The van der Waals surface area contributed by atoms with E-state index in [0.29, 0.717) is 6.04 Å². The van der Waals surface area contributed by atoms with Gasteiger partial charge in [0, 0.05) is 29.7 Å². The second-order valence-electron chi connectivity index (χ2n) is 8.01. The van der Waals surface area contributed by atoms with Crippen molar-refractivity contribution in [1.82, 2.24) is 14.8 Å². The lowest BCUT2D eigenvalue weighted by Gasteiger charge is -2.41. The second kappa shape index (κ2) is 6.99. The molecule has 2 heterocycles. The molecule has 4 nitrogen and oxygen atoms in total. The van der Waals surface area contributed by atoms with E-state index in [0.717, 1.165) is 48.8 Å². The van der Waals surface area contributed by atoms with E-state index in [-0.39, 0.29) is 11.4 Å². The Kier molecular flexibility index (Phi) is 4.70. The van der Waals surface area contributed by atoms with Crippen molar-refractivity contribution in [1.29, 1.82) is 0 Å². The number of hydrogen-bond acceptors (Lipinski definition) is 3. The number of pyridine rings is 1. The molecule has 1 aliphatic carbocycles. The highest BCUT2D eigenvalue weighted by molar-refractivity contribution is 6.05. The Morgan fingerprint density at radius 2 is 2.00 bits per heavy atom. The smallest absolute Gasteiger partial charge is 0.256 e. The standard InChI is InChI=1S/C22H29N3O/c1-3-24(2)18-15-22(12-5-4-6-13-22)25(16-18)21(26)19-11-7-9-17-10-8-14-23-20(17)19/h7-11,14,18H,3-6,12-13,15-16H2,1-2H3/t18-/m0/s1. The molecule has 1 amide bonds. The fourth-order valence-electron chi connectivity index (χ4n) is 4.98. The number of aromatic nitrogens is 1. The van der Waals surface area contributed by atoms with Crippen LogP contribution < -0.4 is 0 Å². The molecule has 0 unspecified atom stereocenters. The molecule has 1 spiro atoms. The summed E-state index contributed by atoms with van der Waals surface area (Å²) in [6.45, 7) is 4.07. The van der Waals surface area contributed by atoms with Gasteiger partial charge in [-0.15, -0.1) is 0 Å². The van der Waals surface area contributed by atoms with Gasteiger partial charge in [0.2, 0.25) is 0 Å². The van der Waals surface area contributed by atoms with Crippen LogP contribution in [0.2, 0.25) is 0 Å². The van der Waals surface area contributed by atoms with Crippen molar-refractivity contribution in [2.45, 2.75) is 57.0 Å². The van der Waals surface area contributed by atoms with Gasteiger partial charge in [0.25, 0.3) is 5.91 Å². The molecule has 0 N–H and O–H groups in total. The van der Waals surface area contributed by atoms with Crippen molar-refractivity contribution >= 4 is 16.8 Å². The fourth-order valence-corrected chi connectivity index (χ4v) is 4.98. The minimum atomic E-state index is 0.0420. The summed E-state index contributed by atoms with van der Waals surface area (Å²) in [6.07, 6.45) is 8.96. The Morgan fingerprint density at radius 1 is 1.23 bits per heavy atom. The number of likely N-dealkylation sites (tertiary alicyclic amines) is 1. The van der Waals surface area contributed by atoms with Crippen LogP contribution >= 0.6 is 0 Å². The third kappa shape index (κ3) is 2.90. The first-order chi connectivity index (χ1) is 12.6. The molecule has 1 saturated heterocycles. The normalized spacial score (nSPS) is 22.4. The van der Waals surface area contributed by atoms with Gasteiger partial charge in [0.15, 0.2) is 0 Å². The number of carbonyl (C=O) groups excluding carboxylic acids is 1. The molecule has 26 heavy (non-hydrogen) atoms. The van der Waals surface area contributed by atoms with E-state index in [1.807, 2.05) is 30.3 Å². The number of hydrogen-bond donors (Lipinski definition) is 0. The van der Waals surface area contributed by atoms with E-state index in [1.165, 1.54) is 19.3 Å². The number of carbonyl (C=O) groups is 1. The molecule has 2 aromatic rings. The SMILES string of the molecule is CCN(C)[C@@H]1CN(C(=O)c2cccc3cccnc23)C2(CCCCC2)C1. The van der Waals surface area contributed by atoms with E-state index in [9.17, 15) is 4.79 Å². The van der Waals surface area contributed by atoms with Crippen molar-refractivity contribution < 1.29 is 4.79 Å². The number of para-hydroxylation sites is 1. The Balaban J connectivity index is 1.72. The molecule has 138 valence electrons. The fraction of sp³-hybridized carbons (Fsp3) is 0.545. The summed E-state index contributed by atoms with van der Waals surface area (Å²) in [4.78, 5) is 22.8. The number of nitrogens with zero attached hydrogens (tertiary/aromatic N) is 3. The number of amides is 1. The minimum Gasteiger partial charge on any atom is -0.331 e. The van der Waals surface area contributed by atoms with Gasteiger partial charge in [0.05, 0.1) is 11.1 Å². The van der Waals surface area contributed by atoms with Gasteiger partial charge in [-0.3, -0.25) is 9.78 Å². The Labute approximate surface area is 156 Å². The van der Waals surface area contributed by atoms with Crippen molar-refractivity contribution in [3.63, 3.8) is 0 Å². The topological polar surface area (TPSA) is 36.4 Å². The highest BCUT2D eigenvalue weighted by Gasteiger charge is 2.49. The average molecular weight is 351 g/mol. The Morgan fingerprint density at radius 3 is 2.77 bits per heavy atom. The summed E-state index contributed by atoms with van der Waals surface area (Å²) in [6, 6.07) is 10.4. The monoisotopic (exact) mass is 351 g/mol. The number of rotatable bonds is 3. The highest BCUT2D eigenvalue weighted by atomic mass is 16.2. The molecule has 1 aromatic carbocycles. The first-order valence-electron chi connectivity index (χ1n) is 10.0. The van der Waals surface area contributed by atoms with E-state index in [1.54, 1.807) is 6.20 Å². The summed E-state index contributed by atoms with van der Waals surface area (Å²) in [7, 11) is 2.19. The van der Waals surface area contributed by atoms with E-state index in [2.05, 4.69) is 28.8 Å². The van der Waals surface area contributed by atoms with Gasteiger partial charge < -0.3 is 9.80 Å². The first-order valence-corrected chi connectivity index (χ1v) is 10.0. The number of benzene rings is 1. The van der Waals surface area contributed by atoms with Crippen molar-refractivity contribution in [3.05, 3.63) is 42.1 Å². The van der Waals surface area contributed by atoms with Crippen LogP contribution in [0.15, 0.2) is 36.5 Å². The van der Waals surface area contributed by atoms with Crippen molar-refractivity contribution in [3.8, 4) is 0 Å². The molecular formula is C22H29N3O. The third-order valence-corrected chi connectivity index (χ3v) is 6.60. The summed E-state index contributed by atoms with van der Waals surface area (Å²) in [5.41, 5.74) is 1.63. The first kappa shape index (κ1) is 17.5. The van der Waals surface area contributed by atoms with E-state index in [4.69, 9.17) is 0 Å². The second-order valence-corrected chi connectivity index (χ2v) is 8.01. The molecule has 2 fully saturated rings. The van der Waals surface area contributed by atoms with Crippen LogP contribution in [0.1, 0.15) is 55.8 Å². The molecule has 1 atom stereocenters. The lowest BCUT2D eigenvalue weighted by molar-refractivity contribution is 0.0501. The molecule has 1 aromatic heterocycles. The minimum absolute atomic E-state index is 0.0420. The molecule has 4 heteroatoms. The number of likely N-dealkylation sites (N-methyl/N-ethyl adjacent to an activating group) is 1. The lowest BCUT2D eigenvalue weighted by Crippen LogP contribution is -2.48. The van der Waals surface area contributed by atoms with Gasteiger partial charge >= 0.3 is 0 Å². The maximum Gasteiger partial charge on any atom is 0.256 e. The summed E-state index contributed by atoms with van der Waals surface area (Å²) in [5.74, 6) is 0.170. The van der Waals surface area contributed by atoms with Crippen LogP contribution in [0.25, 0.3) is 10.9 Å². The van der Waals surface area contributed by atoms with Crippen LogP contribution in [0.4, 0.5) is 0 Å². The summed E-state index contributed by atoms with van der Waals surface area (Å²) >= 11 is 0. The number of fused-ring (bicyclic) bond motifs is 1. The predicted molar refractivity (Wildman–Crippen MR) is 105 cm³/mol. The maximum absolute atomic E-state index is 13.7. The Bertz CT molecular complexity index is 792. The summed E-state index contributed by atoms with van der Waals surface area (Å²) in [5, 5.41) is 1.04. The van der Waals surface area contributed by atoms with Gasteiger partial charge in [-0.2, -0.15) is 0 Å². The van der Waals surface area contributed by atoms with Gasteiger partial charge in [-0.25, -0.2) is 0 Å². The molecule has 0 radical (unpaired) electrons. The molecular weight excluding hydrogens is 322 g/mol. The largest absolute Gasteiger partial charge is 0.331 e. The van der Waals surface area contributed by atoms with Gasteiger partial charge in [-0.05, 0) is 45.0 Å². The Hall–Kier alpha value is -1.94. The molecule has 2 aliphatic rings. The average Bonchev–Trinajstić information content (AvgIpc) is 3.05. The van der Waals surface area contributed by atoms with E-state index < -0.39 is 0 Å². The van der Waals surface area contributed by atoms with Gasteiger partial charge in [-0.1, -0.05) is 44.4 Å². The molecule has 1 saturated carbocycles. The quantitative estimate of drug-likeness (QED) is 0.835.